The van der Waals surface area contributed by atoms with Gasteiger partial charge >= 0.3 is 0 Å². The summed E-state index contributed by atoms with van der Waals surface area (Å²) in [5.41, 5.74) is 10.8. The molecule has 2 aromatic rings. The monoisotopic (exact) mass is 302 g/mol. The summed E-state index contributed by atoms with van der Waals surface area (Å²) in [5.74, 6) is -0.491. The summed E-state index contributed by atoms with van der Waals surface area (Å²) in [6.45, 7) is 1.99. The standard InChI is InChI=1S/C19H14N2O2/c1-10-6-8-11(9-7-10)17-15-14(19(23)21-17)16(20)12-4-2-3-5-13(12)18(15)22/h2-9H,20H2,1H3,(H,21,23). The summed E-state index contributed by atoms with van der Waals surface area (Å²) in [6, 6.07) is 14.8. The number of aryl methyl sites for hydroxylation is 1. The first-order valence-corrected chi connectivity index (χ1v) is 7.35. The number of benzene rings is 2. The van der Waals surface area contributed by atoms with Gasteiger partial charge in [0.2, 0.25) is 0 Å². The van der Waals surface area contributed by atoms with Crippen molar-refractivity contribution in [3.63, 3.8) is 0 Å². The van der Waals surface area contributed by atoms with Gasteiger partial charge in [-0.1, -0.05) is 54.1 Å². The normalized spacial score (nSPS) is 16.4. The molecule has 2 aromatic carbocycles. The van der Waals surface area contributed by atoms with E-state index in [0.29, 0.717) is 28.1 Å². The summed E-state index contributed by atoms with van der Waals surface area (Å²) in [4.78, 5) is 25.3. The minimum absolute atomic E-state index is 0.168. The quantitative estimate of drug-likeness (QED) is 0.849. The van der Waals surface area contributed by atoms with Crippen molar-refractivity contribution in [2.45, 2.75) is 6.92 Å². The van der Waals surface area contributed by atoms with Crippen molar-refractivity contribution < 1.29 is 9.59 Å². The van der Waals surface area contributed by atoms with Crippen molar-refractivity contribution in [1.29, 1.82) is 0 Å². The third kappa shape index (κ3) is 1.85. The maximum Gasteiger partial charge on any atom is 0.258 e. The van der Waals surface area contributed by atoms with Crippen molar-refractivity contribution in [3.8, 4) is 0 Å². The lowest BCUT2D eigenvalue weighted by molar-refractivity contribution is -0.115. The molecule has 0 radical (unpaired) electrons. The van der Waals surface area contributed by atoms with E-state index in [0.717, 1.165) is 11.1 Å². The van der Waals surface area contributed by atoms with Crippen LogP contribution in [0, 0.1) is 6.92 Å². The van der Waals surface area contributed by atoms with E-state index in [4.69, 9.17) is 5.73 Å². The molecular weight excluding hydrogens is 288 g/mol. The summed E-state index contributed by atoms with van der Waals surface area (Å²) in [7, 11) is 0. The lowest BCUT2D eigenvalue weighted by Crippen LogP contribution is -2.22. The summed E-state index contributed by atoms with van der Waals surface area (Å²) in [5, 5.41) is 2.81. The van der Waals surface area contributed by atoms with Gasteiger partial charge in [0.05, 0.1) is 22.5 Å². The van der Waals surface area contributed by atoms with Gasteiger partial charge in [-0.3, -0.25) is 9.59 Å². The number of Topliss-reactive ketones (excluding diaryl/α,β-unsaturated/α-hetero) is 1. The van der Waals surface area contributed by atoms with Crippen LogP contribution in [0.2, 0.25) is 0 Å². The second kappa shape index (κ2) is 4.68. The molecule has 23 heavy (non-hydrogen) atoms. The zero-order valence-corrected chi connectivity index (χ0v) is 12.5. The van der Waals surface area contributed by atoms with Crippen molar-refractivity contribution in [3.05, 3.63) is 81.9 Å². The second-order valence-electron chi connectivity index (χ2n) is 5.73. The van der Waals surface area contributed by atoms with Crippen LogP contribution in [0.15, 0.2) is 59.7 Å². The van der Waals surface area contributed by atoms with E-state index in [1.54, 1.807) is 18.2 Å². The van der Waals surface area contributed by atoms with Gasteiger partial charge in [-0.05, 0) is 12.5 Å². The first-order chi connectivity index (χ1) is 11.1. The molecule has 0 saturated carbocycles. The number of carbonyl (C=O) groups excluding carboxylic acids is 2. The fraction of sp³-hybridized carbons (Fsp3) is 0.0526. The molecule has 112 valence electrons. The minimum Gasteiger partial charge on any atom is -0.398 e. The van der Waals surface area contributed by atoms with Gasteiger partial charge in [0.25, 0.3) is 5.91 Å². The molecule has 0 fully saturated rings. The number of rotatable bonds is 1. The van der Waals surface area contributed by atoms with Crippen LogP contribution < -0.4 is 11.1 Å². The Morgan fingerprint density at radius 2 is 1.52 bits per heavy atom. The van der Waals surface area contributed by atoms with Gasteiger partial charge < -0.3 is 11.1 Å². The van der Waals surface area contributed by atoms with Gasteiger partial charge in [0.1, 0.15) is 0 Å². The van der Waals surface area contributed by atoms with Crippen molar-refractivity contribution in [2.75, 3.05) is 0 Å². The van der Waals surface area contributed by atoms with Crippen LogP contribution in [0.3, 0.4) is 0 Å². The minimum atomic E-state index is -0.323. The topological polar surface area (TPSA) is 72.2 Å². The van der Waals surface area contributed by atoms with Crippen LogP contribution in [0.4, 0.5) is 0 Å². The Bertz CT molecular complexity index is 934. The van der Waals surface area contributed by atoms with E-state index >= 15 is 0 Å². The molecule has 1 aliphatic heterocycles. The molecule has 0 bridgehead atoms. The molecule has 0 unspecified atom stereocenters. The fourth-order valence-corrected chi connectivity index (χ4v) is 3.08. The number of hydrogen-bond acceptors (Lipinski definition) is 3. The fourth-order valence-electron chi connectivity index (χ4n) is 3.08. The molecule has 1 aliphatic carbocycles. The van der Waals surface area contributed by atoms with Crippen LogP contribution in [-0.4, -0.2) is 11.7 Å². The largest absolute Gasteiger partial charge is 0.398 e. The smallest absolute Gasteiger partial charge is 0.258 e. The SMILES string of the molecule is Cc1ccc(C2=C3C(=O)c4ccccc4C(N)=C3C(=O)N2)cc1. The Balaban J connectivity index is 2.01. The molecule has 0 saturated heterocycles. The molecule has 3 N–H and O–H groups in total. The third-order valence-electron chi connectivity index (χ3n) is 4.26. The van der Waals surface area contributed by atoms with E-state index in [-0.39, 0.29) is 17.3 Å². The first-order valence-electron chi connectivity index (χ1n) is 7.35. The molecule has 0 spiro atoms. The van der Waals surface area contributed by atoms with Crippen LogP contribution >= 0.6 is 0 Å². The lowest BCUT2D eigenvalue weighted by atomic mass is 9.84. The molecule has 0 aromatic heterocycles. The second-order valence-corrected chi connectivity index (χ2v) is 5.73. The summed E-state index contributed by atoms with van der Waals surface area (Å²) in [6.07, 6.45) is 0. The van der Waals surface area contributed by atoms with E-state index < -0.39 is 0 Å². The maximum atomic E-state index is 12.9. The maximum absolute atomic E-state index is 12.9. The number of fused-ring (bicyclic) bond motifs is 2. The Morgan fingerprint density at radius 1 is 0.870 bits per heavy atom. The van der Waals surface area contributed by atoms with Gasteiger partial charge in [-0.2, -0.15) is 0 Å². The highest BCUT2D eigenvalue weighted by molar-refractivity contribution is 6.32. The predicted octanol–water partition coefficient (Wildman–Crippen LogP) is 2.40. The third-order valence-corrected chi connectivity index (χ3v) is 4.26. The summed E-state index contributed by atoms with van der Waals surface area (Å²) < 4.78 is 0. The lowest BCUT2D eigenvalue weighted by Gasteiger charge is -2.18. The van der Waals surface area contributed by atoms with E-state index in [2.05, 4.69) is 5.32 Å². The number of carbonyl (C=O) groups is 2. The number of ketones is 1. The van der Waals surface area contributed by atoms with Crippen molar-refractivity contribution in [1.82, 2.24) is 5.32 Å². The number of nitrogens with two attached hydrogens (primary N) is 1. The van der Waals surface area contributed by atoms with Crippen LogP contribution in [0.1, 0.15) is 27.0 Å². The highest BCUT2D eigenvalue weighted by Gasteiger charge is 2.39. The highest BCUT2D eigenvalue weighted by atomic mass is 16.2. The van der Waals surface area contributed by atoms with Gasteiger partial charge in [0.15, 0.2) is 5.78 Å². The average Bonchev–Trinajstić information content (AvgIpc) is 2.91. The number of hydrogen-bond donors (Lipinski definition) is 2. The highest BCUT2D eigenvalue weighted by Crippen LogP contribution is 2.39. The van der Waals surface area contributed by atoms with E-state index in [9.17, 15) is 9.59 Å². The van der Waals surface area contributed by atoms with Crippen LogP contribution in [-0.2, 0) is 4.79 Å². The molecule has 4 nitrogen and oxygen atoms in total. The molecule has 1 heterocycles. The Morgan fingerprint density at radius 3 is 2.22 bits per heavy atom. The predicted molar refractivity (Wildman–Crippen MR) is 88.1 cm³/mol. The van der Waals surface area contributed by atoms with Gasteiger partial charge in [0, 0.05) is 11.1 Å². The molecular formula is C19H14N2O2. The number of nitrogens with one attached hydrogen (secondary N) is 1. The first kappa shape index (κ1) is 13.5. The Labute approximate surface area is 133 Å². The van der Waals surface area contributed by atoms with Crippen LogP contribution in [0.5, 0.6) is 0 Å². The van der Waals surface area contributed by atoms with E-state index in [1.807, 2.05) is 37.3 Å². The molecule has 0 atom stereocenters. The molecule has 2 aliphatic rings. The van der Waals surface area contributed by atoms with Gasteiger partial charge in [-0.15, -0.1) is 0 Å². The zero-order chi connectivity index (χ0) is 16.1. The van der Waals surface area contributed by atoms with Crippen molar-refractivity contribution in [2.24, 2.45) is 5.73 Å². The van der Waals surface area contributed by atoms with Gasteiger partial charge in [-0.25, -0.2) is 0 Å². The van der Waals surface area contributed by atoms with E-state index in [1.165, 1.54) is 0 Å². The molecule has 4 heteroatoms. The summed E-state index contributed by atoms with van der Waals surface area (Å²) >= 11 is 0. The zero-order valence-electron chi connectivity index (χ0n) is 12.5. The van der Waals surface area contributed by atoms with Crippen molar-refractivity contribution >= 4 is 23.1 Å². The molecule has 4 rings (SSSR count). The molecule has 1 amide bonds. The Kier molecular flexibility index (Phi) is 2.75. The average molecular weight is 302 g/mol. The number of amides is 1. The Hall–Kier alpha value is -3.14. The van der Waals surface area contributed by atoms with Crippen LogP contribution in [0.25, 0.3) is 11.4 Å².